The summed E-state index contributed by atoms with van der Waals surface area (Å²) in [5.41, 5.74) is 0.794. The van der Waals surface area contributed by atoms with Gasteiger partial charge in [0.25, 0.3) is 0 Å². The zero-order valence-corrected chi connectivity index (χ0v) is 12.5. The van der Waals surface area contributed by atoms with Crippen molar-refractivity contribution < 1.29 is 8.78 Å². The van der Waals surface area contributed by atoms with Crippen LogP contribution in [0.1, 0.15) is 63.9 Å². The van der Waals surface area contributed by atoms with Gasteiger partial charge in [-0.15, -0.1) is 0 Å². The van der Waals surface area contributed by atoms with E-state index < -0.39 is 11.6 Å². The highest BCUT2D eigenvalue weighted by Crippen LogP contribution is 2.34. The Morgan fingerprint density at radius 1 is 0.900 bits per heavy atom. The summed E-state index contributed by atoms with van der Waals surface area (Å²) < 4.78 is 26.2. The van der Waals surface area contributed by atoms with E-state index in [0.717, 1.165) is 36.3 Å². The molecule has 0 radical (unpaired) electrons. The molecule has 0 aliphatic heterocycles. The topological polar surface area (TPSA) is 0 Å². The van der Waals surface area contributed by atoms with Gasteiger partial charge in [-0.1, -0.05) is 51.9 Å². The van der Waals surface area contributed by atoms with Gasteiger partial charge in [0.1, 0.15) is 11.6 Å². The van der Waals surface area contributed by atoms with Gasteiger partial charge in [-0.2, -0.15) is 0 Å². The monoisotopic (exact) mass is 280 g/mol. The van der Waals surface area contributed by atoms with Crippen LogP contribution in [-0.2, 0) is 6.42 Å². The Hall–Kier alpha value is -0.920. The maximum Gasteiger partial charge on any atom is 0.126 e. The molecule has 1 aliphatic rings. The Bertz CT molecular complexity index is 386. The second kappa shape index (κ2) is 7.75. The van der Waals surface area contributed by atoms with Crippen LogP contribution < -0.4 is 0 Å². The number of aryl methyl sites for hydroxylation is 1. The third-order valence-electron chi connectivity index (χ3n) is 4.66. The minimum Gasteiger partial charge on any atom is -0.207 e. The van der Waals surface area contributed by atoms with Crippen molar-refractivity contribution in [3.05, 3.63) is 35.4 Å². The number of hydrogen-bond donors (Lipinski definition) is 0. The molecule has 0 spiro atoms. The summed E-state index contributed by atoms with van der Waals surface area (Å²) in [5.74, 6) is 0.871. The van der Waals surface area contributed by atoms with Crippen LogP contribution in [-0.4, -0.2) is 0 Å². The third-order valence-corrected chi connectivity index (χ3v) is 4.66. The predicted octanol–water partition coefficient (Wildman–Crippen LogP) is 5.89. The maximum atomic E-state index is 13.1. The summed E-state index contributed by atoms with van der Waals surface area (Å²) in [6.07, 6.45) is 11.2. The van der Waals surface area contributed by atoms with Gasteiger partial charge in [-0.05, 0) is 42.4 Å². The Labute approximate surface area is 121 Å². The molecular weight excluding hydrogens is 254 g/mol. The molecule has 0 bridgehead atoms. The molecule has 0 nitrogen and oxygen atoms in total. The van der Waals surface area contributed by atoms with E-state index in [-0.39, 0.29) is 0 Å². The summed E-state index contributed by atoms with van der Waals surface area (Å²) in [5, 5.41) is 0. The lowest BCUT2D eigenvalue weighted by Crippen LogP contribution is -2.14. The van der Waals surface area contributed by atoms with Crippen molar-refractivity contribution in [2.45, 2.75) is 64.7 Å². The fraction of sp³-hybridized carbons (Fsp3) is 0.667. The van der Waals surface area contributed by atoms with Crippen LogP contribution in [0.25, 0.3) is 0 Å². The molecule has 0 unspecified atom stereocenters. The smallest absolute Gasteiger partial charge is 0.126 e. The molecule has 1 aliphatic carbocycles. The lowest BCUT2D eigenvalue weighted by molar-refractivity contribution is 0.249. The first-order valence-electron chi connectivity index (χ1n) is 8.12. The van der Waals surface area contributed by atoms with Gasteiger partial charge < -0.3 is 0 Å². The average Bonchev–Trinajstić information content (AvgIpc) is 2.40. The van der Waals surface area contributed by atoms with Crippen LogP contribution in [0, 0.1) is 23.5 Å². The highest BCUT2D eigenvalue weighted by atomic mass is 19.1. The van der Waals surface area contributed by atoms with Crippen LogP contribution in [0.5, 0.6) is 0 Å². The van der Waals surface area contributed by atoms with Crippen molar-refractivity contribution in [3.63, 3.8) is 0 Å². The number of benzene rings is 1. The molecule has 20 heavy (non-hydrogen) atoms. The standard InChI is InChI=1S/C18H26F2/c1-2-4-14-7-9-15(10-8-14)5-3-6-16-11-17(19)13-18(20)12-16/h11-15H,2-10H2,1H3. The first-order valence-corrected chi connectivity index (χ1v) is 8.12. The van der Waals surface area contributed by atoms with E-state index in [9.17, 15) is 8.78 Å². The van der Waals surface area contributed by atoms with Crippen LogP contribution in [0.2, 0.25) is 0 Å². The second-order valence-electron chi connectivity index (χ2n) is 6.35. The highest BCUT2D eigenvalue weighted by Gasteiger charge is 2.20. The molecule has 0 atom stereocenters. The van der Waals surface area contributed by atoms with Crippen molar-refractivity contribution in [2.75, 3.05) is 0 Å². The van der Waals surface area contributed by atoms with Crippen molar-refractivity contribution in [1.82, 2.24) is 0 Å². The fourth-order valence-corrected chi connectivity index (χ4v) is 3.57. The minimum atomic E-state index is -0.458. The van der Waals surface area contributed by atoms with Crippen LogP contribution in [0.4, 0.5) is 8.78 Å². The fourth-order valence-electron chi connectivity index (χ4n) is 3.57. The molecule has 1 aromatic carbocycles. The molecule has 0 N–H and O–H groups in total. The van der Waals surface area contributed by atoms with Crippen molar-refractivity contribution >= 4 is 0 Å². The normalized spacial score (nSPS) is 22.9. The zero-order chi connectivity index (χ0) is 14.4. The van der Waals surface area contributed by atoms with E-state index in [0.29, 0.717) is 0 Å². The van der Waals surface area contributed by atoms with E-state index >= 15 is 0 Å². The van der Waals surface area contributed by atoms with Gasteiger partial charge in [0.15, 0.2) is 0 Å². The van der Waals surface area contributed by atoms with Gasteiger partial charge in [0.05, 0.1) is 0 Å². The quantitative estimate of drug-likeness (QED) is 0.609. The number of hydrogen-bond acceptors (Lipinski definition) is 0. The molecular formula is C18H26F2. The molecule has 0 amide bonds. The van der Waals surface area contributed by atoms with E-state index in [1.165, 1.54) is 57.1 Å². The van der Waals surface area contributed by atoms with Gasteiger partial charge in [0.2, 0.25) is 0 Å². The van der Waals surface area contributed by atoms with Crippen LogP contribution in [0.3, 0.4) is 0 Å². The molecule has 0 aromatic heterocycles. The average molecular weight is 280 g/mol. The van der Waals surface area contributed by atoms with Gasteiger partial charge in [-0.25, -0.2) is 8.78 Å². The predicted molar refractivity (Wildman–Crippen MR) is 79.7 cm³/mol. The van der Waals surface area contributed by atoms with Crippen molar-refractivity contribution in [3.8, 4) is 0 Å². The minimum absolute atomic E-state index is 0.458. The third kappa shape index (κ3) is 4.88. The molecule has 1 fully saturated rings. The second-order valence-corrected chi connectivity index (χ2v) is 6.35. The number of rotatable bonds is 6. The molecule has 2 rings (SSSR count). The van der Waals surface area contributed by atoms with Gasteiger partial charge in [-0.3, -0.25) is 0 Å². The molecule has 1 aromatic rings. The molecule has 0 saturated heterocycles. The SMILES string of the molecule is CCCC1CCC(CCCc2cc(F)cc(F)c2)CC1. The molecule has 0 heterocycles. The van der Waals surface area contributed by atoms with Gasteiger partial charge >= 0.3 is 0 Å². The van der Waals surface area contributed by atoms with Crippen LogP contribution in [0.15, 0.2) is 18.2 Å². The Balaban J connectivity index is 1.69. The van der Waals surface area contributed by atoms with E-state index in [1.54, 1.807) is 0 Å². The zero-order valence-electron chi connectivity index (χ0n) is 12.5. The summed E-state index contributed by atoms with van der Waals surface area (Å²) in [6, 6.07) is 3.86. The first-order chi connectivity index (χ1) is 9.67. The summed E-state index contributed by atoms with van der Waals surface area (Å²) in [4.78, 5) is 0. The van der Waals surface area contributed by atoms with Crippen LogP contribution >= 0.6 is 0 Å². The summed E-state index contributed by atoms with van der Waals surface area (Å²) >= 11 is 0. The summed E-state index contributed by atoms with van der Waals surface area (Å²) in [7, 11) is 0. The lowest BCUT2D eigenvalue weighted by Gasteiger charge is -2.28. The molecule has 2 heteroatoms. The molecule has 112 valence electrons. The van der Waals surface area contributed by atoms with E-state index in [1.807, 2.05) is 0 Å². The Morgan fingerprint density at radius 3 is 2.00 bits per heavy atom. The molecule has 1 saturated carbocycles. The Morgan fingerprint density at radius 2 is 1.45 bits per heavy atom. The highest BCUT2D eigenvalue weighted by molar-refractivity contribution is 5.17. The number of halogens is 2. The Kier molecular flexibility index (Phi) is 6.00. The van der Waals surface area contributed by atoms with Crippen molar-refractivity contribution in [1.29, 1.82) is 0 Å². The van der Waals surface area contributed by atoms with E-state index in [2.05, 4.69) is 6.92 Å². The maximum absolute atomic E-state index is 13.1. The first kappa shape index (κ1) is 15.5. The largest absolute Gasteiger partial charge is 0.207 e. The lowest BCUT2D eigenvalue weighted by atomic mass is 9.78. The summed E-state index contributed by atoms with van der Waals surface area (Å²) in [6.45, 7) is 2.27. The van der Waals surface area contributed by atoms with Crippen molar-refractivity contribution in [2.24, 2.45) is 11.8 Å². The van der Waals surface area contributed by atoms with Gasteiger partial charge in [0, 0.05) is 6.07 Å². The van der Waals surface area contributed by atoms with E-state index in [4.69, 9.17) is 0 Å².